The van der Waals surface area contributed by atoms with E-state index in [4.69, 9.17) is 5.11 Å². The average Bonchev–Trinajstić information content (AvgIpc) is 1.66. The van der Waals surface area contributed by atoms with Gasteiger partial charge in [0.2, 0.25) is 0 Å². The van der Waals surface area contributed by atoms with Crippen LogP contribution >= 0.6 is 0 Å². The van der Waals surface area contributed by atoms with Crippen molar-refractivity contribution in [3.05, 3.63) is 24.3 Å². The zero-order chi connectivity index (χ0) is 6.41. The van der Waals surface area contributed by atoms with E-state index in [0.29, 0.717) is 0 Å². The standard InChI is InChI=1S/C6H8O2.2Na.2H/c1-2-3-4-5-6(7)8;;;;/h2-5H,1H3,(H,7,8);;;;/p+1/b3-2+,5-4+;;;;. The maximum absolute atomic E-state index is 9.75. The molecule has 0 amide bonds. The summed E-state index contributed by atoms with van der Waals surface area (Å²) in [6.45, 7) is 1.83. The Bertz CT molecular complexity index is 135. The molecular weight excluding hydrogens is 150 g/mol. The quantitative estimate of drug-likeness (QED) is 0.352. The molecule has 0 radical (unpaired) electrons. The molecule has 0 unspecified atom stereocenters. The molecule has 48 valence electrons. The monoisotopic (exact) mass is 161 g/mol. The summed E-state index contributed by atoms with van der Waals surface area (Å²) in [6.07, 6.45) is 5.98. The predicted octanol–water partition coefficient (Wildman–Crippen LogP) is 0.0188. The first-order chi connectivity index (χ1) is 3.77. The Kier molecular flexibility index (Phi) is 21.6. The Balaban J connectivity index is -0.0000000817. The van der Waals surface area contributed by atoms with Gasteiger partial charge in [0, 0.05) is 6.08 Å². The van der Waals surface area contributed by atoms with Crippen molar-refractivity contribution >= 4 is 65.1 Å². The molecule has 0 fully saturated rings. The minimum atomic E-state index is -0.914. The molecule has 0 aliphatic heterocycles. The van der Waals surface area contributed by atoms with Crippen LogP contribution in [-0.2, 0) is 4.79 Å². The molecule has 0 rings (SSSR count). The van der Waals surface area contributed by atoms with Gasteiger partial charge in [0.05, 0.1) is 0 Å². The summed E-state index contributed by atoms with van der Waals surface area (Å²) in [4.78, 5) is 9.75. The van der Waals surface area contributed by atoms with Crippen molar-refractivity contribution in [2.45, 2.75) is 6.92 Å². The number of rotatable bonds is 2. The van der Waals surface area contributed by atoms with Crippen LogP contribution in [0.2, 0.25) is 0 Å². The normalized spacial score (nSPS) is 8.90. The summed E-state index contributed by atoms with van der Waals surface area (Å²) < 4.78 is 0. The molecule has 0 atom stereocenters. The fraction of sp³-hybridized carbons (Fsp3) is 0.167. The van der Waals surface area contributed by atoms with Crippen LogP contribution in [0.4, 0.5) is 0 Å². The van der Waals surface area contributed by atoms with Gasteiger partial charge in [0.1, 0.15) is 0 Å². The van der Waals surface area contributed by atoms with Crippen LogP contribution in [0.1, 0.15) is 8.35 Å². The Hall–Kier alpha value is 0.950. The molecule has 0 spiro atoms. The van der Waals surface area contributed by atoms with Crippen LogP contribution in [0.5, 0.6) is 0 Å². The minimum absolute atomic E-state index is 0. The molecule has 10 heavy (non-hydrogen) atoms. The third kappa shape index (κ3) is 16.0. The molecule has 0 saturated heterocycles. The molecule has 0 bridgehead atoms. The van der Waals surface area contributed by atoms with Crippen molar-refractivity contribution < 1.29 is 11.3 Å². The third-order valence-corrected chi connectivity index (χ3v) is 0.542. The van der Waals surface area contributed by atoms with Crippen molar-refractivity contribution in [3.8, 4) is 0 Å². The Morgan fingerprint density at radius 3 is 2.20 bits per heavy atom. The summed E-state index contributed by atoms with van der Waals surface area (Å²) in [5.41, 5.74) is 0. The van der Waals surface area contributed by atoms with Crippen LogP contribution < -0.4 is 0 Å². The van der Waals surface area contributed by atoms with Crippen molar-refractivity contribution in [3.63, 3.8) is 0 Å². The van der Waals surface area contributed by atoms with E-state index >= 15 is 0 Å². The first-order valence-electron chi connectivity index (χ1n) is 2.29. The fourth-order valence-corrected chi connectivity index (χ4v) is 0.249. The Morgan fingerprint density at radius 2 is 1.90 bits per heavy atom. The third-order valence-electron chi connectivity index (χ3n) is 0.542. The zero-order valence-corrected chi connectivity index (χ0v) is 4.66. The molecule has 0 saturated carbocycles. The van der Waals surface area contributed by atoms with Crippen LogP contribution in [0.25, 0.3) is 0 Å². The van der Waals surface area contributed by atoms with E-state index in [2.05, 4.69) is 0 Å². The van der Waals surface area contributed by atoms with E-state index in [-0.39, 0.29) is 60.5 Å². The van der Waals surface area contributed by atoms with Gasteiger partial charge in [-0.15, -0.1) is 0 Å². The molecule has 0 aromatic carbocycles. The first kappa shape index (κ1) is 17.2. The van der Waals surface area contributed by atoms with Crippen LogP contribution in [0.3, 0.4) is 0 Å². The molecule has 0 heterocycles. The van der Waals surface area contributed by atoms with Crippen molar-refractivity contribution in [2.24, 2.45) is 0 Å². The summed E-state index contributed by atoms with van der Waals surface area (Å²) >= 11 is 0. The first-order valence-corrected chi connectivity index (χ1v) is 2.29. The van der Waals surface area contributed by atoms with E-state index in [1.54, 1.807) is 12.2 Å². The summed E-state index contributed by atoms with van der Waals surface area (Å²) in [5, 5.41) is 8.02. The second-order valence-electron chi connectivity index (χ2n) is 1.22. The molecule has 0 aliphatic rings. The van der Waals surface area contributed by atoms with Crippen LogP contribution in [0, 0.1) is 0 Å². The number of hydrogen-bond acceptors (Lipinski definition) is 1. The van der Waals surface area contributed by atoms with Crippen molar-refractivity contribution in [1.29, 1.82) is 0 Å². The van der Waals surface area contributed by atoms with E-state index in [1.807, 2.05) is 6.92 Å². The van der Waals surface area contributed by atoms with Gasteiger partial charge in [0.25, 0.3) is 0 Å². The van der Waals surface area contributed by atoms with Crippen molar-refractivity contribution in [1.82, 2.24) is 0 Å². The number of carbonyl (C=O) groups is 1. The number of allylic oxidation sites excluding steroid dienone is 3. The van der Waals surface area contributed by atoms with Gasteiger partial charge < -0.3 is 5.11 Å². The number of aliphatic carboxylic acids is 1. The summed E-state index contributed by atoms with van der Waals surface area (Å²) in [6, 6.07) is 0. The van der Waals surface area contributed by atoms with Gasteiger partial charge in [-0.2, -0.15) is 0 Å². The Labute approximate surface area is 106 Å². The zero-order valence-electron chi connectivity index (χ0n) is 5.66. The maximum atomic E-state index is 9.75. The average molecular weight is 161 g/mol. The molecular formula is C6H11Na2O2+. The van der Waals surface area contributed by atoms with E-state index < -0.39 is 5.97 Å². The van der Waals surface area contributed by atoms with Gasteiger partial charge in [-0.3, -0.25) is 0 Å². The topological polar surface area (TPSA) is 37.3 Å². The Morgan fingerprint density at radius 1 is 1.40 bits per heavy atom. The van der Waals surface area contributed by atoms with Crippen LogP contribution in [0.15, 0.2) is 24.3 Å². The SMILES string of the molecule is C/C=C/C=C/C(=O)O.[H+].[NaH].[NaH]. The van der Waals surface area contributed by atoms with E-state index in [9.17, 15) is 4.79 Å². The summed E-state index contributed by atoms with van der Waals surface area (Å²) in [5.74, 6) is -0.914. The van der Waals surface area contributed by atoms with Gasteiger partial charge in [-0.05, 0) is 6.92 Å². The molecule has 4 heteroatoms. The number of hydrogen-bond donors (Lipinski definition) is 1. The molecule has 0 aromatic heterocycles. The van der Waals surface area contributed by atoms with Gasteiger partial charge in [-0.1, -0.05) is 18.2 Å². The fourth-order valence-electron chi connectivity index (χ4n) is 0.249. The van der Waals surface area contributed by atoms with E-state index in [0.717, 1.165) is 6.08 Å². The molecule has 1 N–H and O–H groups in total. The van der Waals surface area contributed by atoms with Crippen molar-refractivity contribution in [2.75, 3.05) is 0 Å². The summed E-state index contributed by atoms with van der Waals surface area (Å²) in [7, 11) is 0. The number of carboxylic acids is 1. The number of carboxylic acid groups (broad SMARTS) is 1. The molecule has 2 nitrogen and oxygen atoms in total. The molecule has 0 aromatic rings. The second kappa shape index (κ2) is 12.6. The van der Waals surface area contributed by atoms with Gasteiger partial charge >= 0.3 is 66.5 Å². The van der Waals surface area contributed by atoms with Crippen LogP contribution in [-0.4, -0.2) is 70.2 Å². The van der Waals surface area contributed by atoms with E-state index in [1.165, 1.54) is 6.08 Å². The predicted molar refractivity (Wildman–Crippen MR) is 47.0 cm³/mol. The molecule has 0 aliphatic carbocycles. The van der Waals surface area contributed by atoms with Gasteiger partial charge in [-0.25, -0.2) is 4.79 Å². The second-order valence-corrected chi connectivity index (χ2v) is 1.22. The van der Waals surface area contributed by atoms with Gasteiger partial charge in [0.15, 0.2) is 0 Å².